The van der Waals surface area contributed by atoms with E-state index in [9.17, 15) is 4.39 Å². The number of benzene rings is 2. The largest absolute Gasteiger partial charge is 0.497 e. The molecule has 0 saturated heterocycles. The lowest BCUT2D eigenvalue weighted by molar-refractivity contribution is 0.414. The lowest BCUT2D eigenvalue weighted by atomic mass is 10.2. The molecule has 0 fully saturated rings. The first-order valence-corrected chi connectivity index (χ1v) is 6.56. The number of hydrogen-bond donors (Lipinski definition) is 1. The zero-order chi connectivity index (χ0) is 14.3. The molecular formula is C15H13FN2OS. The SMILES string of the molecule is COc1cccc(-n2c(=S)[nH]c3cc(F)c(C)cc32)c1. The molecular weight excluding hydrogens is 275 g/mol. The molecule has 0 aliphatic carbocycles. The minimum atomic E-state index is -0.244. The zero-order valence-corrected chi connectivity index (χ0v) is 11.9. The van der Waals surface area contributed by atoms with Gasteiger partial charge in [0, 0.05) is 6.07 Å². The molecule has 3 nitrogen and oxygen atoms in total. The smallest absolute Gasteiger partial charge is 0.182 e. The van der Waals surface area contributed by atoms with Gasteiger partial charge >= 0.3 is 0 Å². The Balaban J connectivity index is 2.32. The highest BCUT2D eigenvalue weighted by Gasteiger charge is 2.10. The van der Waals surface area contributed by atoms with Crippen molar-refractivity contribution >= 4 is 23.3 Å². The van der Waals surface area contributed by atoms with Crippen molar-refractivity contribution in [3.63, 3.8) is 0 Å². The molecule has 0 spiro atoms. The molecule has 0 amide bonds. The minimum Gasteiger partial charge on any atom is -0.497 e. The third kappa shape index (κ3) is 2.00. The van der Waals surface area contributed by atoms with E-state index >= 15 is 0 Å². The van der Waals surface area contributed by atoms with E-state index in [-0.39, 0.29) is 5.82 Å². The Morgan fingerprint density at radius 3 is 2.80 bits per heavy atom. The van der Waals surface area contributed by atoms with Crippen LogP contribution in [0.15, 0.2) is 36.4 Å². The average Bonchev–Trinajstić information content (AvgIpc) is 2.74. The summed E-state index contributed by atoms with van der Waals surface area (Å²) in [6, 6.07) is 10.8. The molecule has 1 aromatic heterocycles. The van der Waals surface area contributed by atoms with Crippen molar-refractivity contribution in [2.24, 2.45) is 0 Å². The lowest BCUT2D eigenvalue weighted by Gasteiger charge is -2.07. The highest BCUT2D eigenvalue weighted by atomic mass is 32.1. The molecule has 0 unspecified atom stereocenters. The van der Waals surface area contributed by atoms with E-state index in [0.717, 1.165) is 17.0 Å². The highest BCUT2D eigenvalue weighted by molar-refractivity contribution is 7.71. The van der Waals surface area contributed by atoms with Gasteiger partial charge in [-0.3, -0.25) is 4.57 Å². The quantitative estimate of drug-likeness (QED) is 0.718. The van der Waals surface area contributed by atoms with E-state index in [1.165, 1.54) is 6.07 Å². The summed E-state index contributed by atoms with van der Waals surface area (Å²) in [6.45, 7) is 1.74. The van der Waals surface area contributed by atoms with Crippen molar-refractivity contribution in [3.8, 4) is 11.4 Å². The van der Waals surface area contributed by atoms with Crippen LogP contribution in [0.3, 0.4) is 0 Å². The molecule has 0 atom stereocenters. The number of halogens is 1. The molecule has 102 valence electrons. The highest BCUT2D eigenvalue weighted by Crippen LogP contribution is 2.24. The number of hydrogen-bond acceptors (Lipinski definition) is 2. The molecule has 3 rings (SSSR count). The van der Waals surface area contributed by atoms with Crippen LogP contribution in [-0.2, 0) is 0 Å². The summed E-state index contributed by atoms with van der Waals surface area (Å²) in [4.78, 5) is 3.03. The molecule has 20 heavy (non-hydrogen) atoms. The second-order valence-corrected chi connectivity index (χ2v) is 4.97. The van der Waals surface area contributed by atoms with Gasteiger partial charge in [0.1, 0.15) is 11.6 Å². The fourth-order valence-corrected chi connectivity index (χ4v) is 2.55. The van der Waals surface area contributed by atoms with E-state index < -0.39 is 0 Å². The molecule has 3 aromatic rings. The van der Waals surface area contributed by atoms with Crippen molar-refractivity contribution in [1.82, 2.24) is 9.55 Å². The lowest BCUT2D eigenvalue weighted by Crippen LogP contribution is -1.95. The van der Waals surface area contributed by atoms with Crippen LogP contribution in [0.2, 0.25) is 0 Å². The van der Waals surface area contributed by atoms with Crippen molar-refractivity contribution in [1.29, 1.82) is 0 Å². The summed E-state index contributed by atoms with van der Waals surface area (Å²) >= 11 is 5.35. The molecule has 1 heterocycles. The number of ether oxygens (including phenoxy) is 1. The third-order valence-corrected chi connectivity index (χ3v) is 3.56. The van der Waals surface area contributed by atoms with E-state index in [1.807, 2.05) is 28.8 Å². The summed E-state index contributed by atoms with van der Waals surface area (Å²) < 4.78 is 21.3. The first kappa shape index (κ1) is 12.9. The molecule has 5 heteroatoms. The number of nitrogens with zero attached hydrogens (tertiary/aromatic N) is 1. The van der Waals surface area contributed by atoms with E-state index in [2.05, 4.69) is 4.98 Å². The maximum absolute atomic E-state index is 13.6. The van der Waals surface area contributed by atoms with E-state index in [1.54, 1.807) is 20.1 Å². The number of methoxy groups -OCH3 is 1. The Bertz CT molecular complexity index is 851. The Labute approximate surface area is 120 Å². The predicted octanol–water partition coefficient (Wildman–Crippen LogP) is 4.14. The molecule has 0 aliphatic heterocycles. The van der Waals surface area contributed by atoms with Crippen molar-refractivity contribution in [2.75, 3.05) is 7.11 Å². The fourth-order valence-electron chi connectivity index (χ4n) is 2.24. The Hall–Kier alpha value is -2.14. The normalized spacial score (nSPS) is 10.9. The third-order valence-electron chi connectivity index (χ3n) is 3.27. The average molecular weight is 288 g/mol. The molecule has 0 bridgehead atoms. The van der Waals surface area contributed by atoms with Gasteiger partial charge in [-0.2, -0.15) is 0 Å². The molecule has 1 N–H and O–H groups in total. The van der Waals surface area contributed by atoms with Crippen LogP contribution in [0.5, 0.6) is 5.75 Å². The summed E-state index contributed by atoms with van der Waals surface area (Å²) in [6.07, 6.45) is 0. The van der Waals surface area contributed by atoms with Gasteiger partial charge in [0.25, 0.3) is 0 Å². The van der Waals surface area contributed by atoms with Gasteiger partial charge in [-0.15, -0.1) is 0 Å². The van der Waals surface area contributed by atoms with Gasteiger partial charge in [0.2, 0.25) is 0 Å². The second-order valence-electron chi connectivity index (χ2n) is 4.59. The first-order chi connectivity index (χ1) is 9.60. The second kappa shape index (κ2) is 4.76. The van der Waals surface area contributed by atoms with E-state index in [4.69, 9.17) is 17.0 Å². The Morgan fingerprint density at radius 1 is 1.25 bits per heavy atom. The predicted molar refractivity (Wildman–Crippen MR) is 79.7 cm³/mol. The number of H-pyrrole nitrogens is 1. The maximum atomic E-state index is 13.6. The number of nitrogens with one attached hydrogen (secondary N) is 1. The van der Waals surface area contributed by atoms with Crippen molar-refractivity contribution in [3.05, 3.63) is 52.5 Å². The molecule has 0 radical (unpaired) electrons. The molecule has 0 saturated carbocycles. The topological polar surface area (TPSA) is 29.9 Å². The number of aryl methyl sites for hydroxylation is 1. The van der Waals surface area contributed by atoms with Crippen LogP contribution in [0.4, 0.5) is 4.39 Å². The van der Waals surface area contributed by atoms with Crippen LogP contribution in [0.1, 0.15) is 5.56 Å². The van der Waals surface area contributed by atoms with Gasteiger partial charge in [-0.25, -0.2) is 4.39 Å². The summed E-state index contributed by atoms with van der Waals surface area (Å²) in [5.74, 6) is 0.504. The van der Waals surface area contributed by atoms with Gasteiger partial charge in [-0.05, 0) is 49.0 Å². The minimum absolute atomic E-state index is 0.244. The number of imidazole rings is 1. The van der Waals surface area contributed by atoms with E-state index in [0.29, 0.717) is 15.9 Å². The van der Waals surface area contributed by atoms with Crippen LogP contribution < -0.4 is 4.74 Å². The van der Waals surface area contributed by atoms with Gasteiger partial charge < -0.3 is 9.72 Å². The number of aromatic amines is 1. The van der Waals surface area contributed by atoms with Crippen LogP contribution in [-0.4, -0.2) is 16.7 Å². The standard InChI is InChI=1S/C15H13FN2OS/c1-9-6-14-13(8-12(9)16)17-15(20)18(14)10-4-3-5-11(7-10)19-2/h3-8H,1-2H3,(H,17,20). The Kier molecular flexibility index (Phi) is 3.06. The van der Waals surface area contributed by atoms with Crippen LogP contribution in [0, 0.1) is 17.5 Å². The molecule has 0 aliphatic rings. The van der Waals surface area contributed by atoms with Crippen LogP contribution in [0.25, 0.3) is 16.7 Å². The monoisotopic (exact) mass is 288 g/mol. The summed E-state index contributed by atoms with van der Waals surface area (Å²) in [5.41, 5.74) is 3.00. The summed E-state index contributed by atoms with van der Waals surface area (Å²) in [5, 5.41) is 0. The van der Waals surface area contributed by atoms with Crippen molar-refractivity contribution < 1.29 is 9.13 Å². The maximum Gasteiger partial charge on any atom is 0.182 e. The summed E-state index contributed by atoms with van der Waals surface area (Å²) in [7, 11) is 1.62. The number of rotatable bonds is 2. The van der Waals surface area contributed by atoms with Crippen LogP contribution >= 0.6 is 12.2 Å². The molecule has 2 aromatic carbocycles. The van der Waals surface area contributed by atoms with Gasteiger partial charge in [0.15, 0.2) is 4.77 Å². The number of fused-ring (bicyclic) bond motifs is 1. The number of aromatic nitrogens is 2. The Morgan fingerprint density at radius 2 is 2.05 bits per heavy atom. The van der Waals surface area contributed by atoms with Gasteiger partial charge in [-0.1, -0.05) is 6.07 Å². The zero-order valence-electron chi connectivity index (χ0n) is 11.1. The van der Waals surface area contributed by atoms with Crippen molar-refractivity contribution in [2.45, 2.75) is 6.92 Å². The fraction of sp³-hybridized carbons (Fsp3) is 0.133. The van der Waals surface area contributed by atoms with Gasteiger partial charge in [0.05, 0.1) is 23.8 Å². The first-order valence-electron chi connectivity index (χ1n) is 6.15.